The molecule has 1 amide bonds. The van der Waals surface area contributed by atoms with E-state index < -0.39 is 6.04 Å². The number of nitrogen functional groups attached to an aromatic ring is 1. The van der Waals surface area contributed by atoms with E-state index in [1.165, 1.54) is 11.1 Å². The van der Waals surface area contributed by atoms with Crippen molar-refractivity contribution in [1.29, 1.82) is 0 Å². The monoisotopic (exact) mass is 430 g/mol. The van der Waals surface area contributed by atoms with E-state index in [0.717, 1.165) is 29.8 Å². The number of aromatic nitrogens is 3. The highest BCUT2D eigenvalue weighted by atomic mass is 16.2. The van der Waals surface area contributed by atoms with E-state index >= 15 is 0 Å². The van der Waals surface area contributed by atoms with Crippen LogP contribution in [0.3, 0.4) is 0 Å². The van der Waals surface area contributed by atoms with Crippen LogP contribution in [0.25, 0.3) is 0 Å². The molecule has 0 unspecified atom stereocenters. The number of amides is 1. The average molecular weight is 431 g/mol. The molecule has 0 spiro atoms. The van der Waals surface area contributed by atoms with Crippen LogP contribution in [0.5, 0.6) is 0 Å². The summed E-state index contributed by atoms with van der Waals surface area (Å²) in [5, 5.41) is 6.27. The van der Waals surface area contributed by atoms with E-state index in [9.17, 15) is 9.59 Å². The summed E-state index contributed by atoms with van der Waals surface area (Å²) in [5.74, 6) is 0.587. The molecule has 2 aliphatic rings. The molecule has 1 aliphatic carbocycles. The molecule has 0 saturated heterocycles. The zero-order valence-electron chi connectivity index (χ0n) is 18.0. The fraction of sp³-hybridized carbons (Fsp3) is 0.333. The number of nitrogens with zero attached hydrogens (tertiary/aromatic N) is 3. The lowest BCUT2D eigenvalue weighted by Gasteiger charge is -2.18. The molecule has 4 N–H and O–H groups in total. The summed E-state index contributed by atoms with van der Waals surface area (Å²) in [6, 6.07) is 11.5. The Kier molecular flexibility index (Phi) is 5.13. The molecule has 32 heavy (non-hydrogen) atoms. The third kappa shape index (κ3) is 3.72. The maximum atomic E-state index is 13.2. The van der Waals surface area contributed by atoms with Gasteiger partial charge in [0.25, 0.3) is 5.56 Å². The van der Waals surface area contributed by atoms with Gasteiger partial charge >= 0.3 is 0 Å². The van der Waals surface area contributed by atoms with E-state index in [1.54, 1.807) is 16.8 Å². The van der Waals surface area contributed by atoms with Gasteiger partial charge in [0.2, 0.25) is 5.91 Å². The Labute approximate surface area is 185 Å². The predicted octanol–water partition coefficient (Wildman–Crippen LogP) is 1.91. The quantitative estimate of drug-likeness (QED) is 0.570. The first-order chi connectivity index (χ1) is 15.5. The third-order valence-electron chi connectivity index (χ3n) is 6.42. The van der Waals surface area contributed by atoms with Crippen molar-refractivity contribution < 1.29 is 4.79 Å². The Bertz CT molecular complexity index is 1230. The predicted molar refractivity (Wildman–Crippen MR) is 122 cm³/mol. The van der Waals surface area contributed by atoms with Gasteiger partial charge in [0.1, 0.15) is 11.9 Å². The second-order valence-corrected chi connectivity index (χ2v) is 8.54. The molecular formula is C24H26N6O2. The van der Waals surface area contributed by atoms with Crippen molar-refractivity contribution in [3.8, 4) is 0 Å². The first kappa shape index (κ1) is 20.2. The van der Waals surface area contributed by atoms with Crippen LogP contribution in [0.15, 0.2) is 47.4 Å². The Morgan fingerprint density at radius 2 is 1.94 bits per heavy atom. The largest absolute Gasteiger partial charge is 0.384 e. The molecule has 0 fully saturated rings. The highest BCUT2D eigenvalue weighted by Gasteiger charge is 2.31. The Hall–Kier alpha value is -3.68. The molecule has 8 heteroatoms. The molecule has 3 heterocycles. The molecule has 8 nitrogen and oxygen atoms in total. The van der Waals surface area contributed by atoms with Crippen LogP contribution in [0.1, 0.15) is 40.5 Å². The summed E-state index contributed by atoms with van der Waals surface area (Å²) >= 11 is 0. The number of anilines is 2. The summed E-state index contributed by atoms with van der Waals surface area (Å²) in [7, 11) is 0. The molecule has 5 rings (SSSR count). The maximum Gasteiger partial charge on any atom is 0.294 e. The SMILES string of the molecule is Cc1nc(N)ccc1CNC(=O)[C@@H]1CCc2cnc(NC3Cc4ccccc4C3)c(=O)n21. The lowest BCUT2D eigenvalue weighted by Crippen LogP contribution is -2.37. The van der Waals surface area contributed by atoms with E-state index in [0.29, 0.717) is 31.0 Å². The zero-order chi connectivity index (χ0) is 22.2. The Morgan fingerprint density at radius 1 is 1.19 bits per heavy atom. The van der Waals surface area contributed by atoms with Gasteiger partial charge in [-0.1, -0.05) is 30.3 Å². The second kappa shape index (κ2) is 8.11. The highest BCUT2D eigenvalue weighted by Crippen LogP contribution is 2.26. The second-order valence-electron chi connectivity index (χ2n) is 8.54. The molecule has 1 atom stereocenters. The van der Waals surface area contributed by atoms with Gasteiger partial charge in [-0.15, -0.1) is 0 Å². The van der Waals surface area contributed by atoms with Gasteiger partial charge in [0.15, 0.2) is 5.82 Å². The van der Waals surface area contributed by atoms with Crippen molar-refractivity contribution in [2.75, 3.05) is 11.1 Å². The van der Waals surface area contributed by atoms with Crippen LogP contribution in [-0.2, 0) is 30.6 Å². The normalized spacial score (nSPS) is 17.1. The van der Waals surface area contributed by atoms with Crippen LogP contribution in [0.2, 0.25) is 0 Å². The number of benzene rings is 1. The summed E-state index contributed by atoms with van der Waals surface area (Å²) in [5.41, 5.74) is 10.5. The van der Waals surface area contributed by atoms with E-state index in [1.807, 2.05) is 25.1 Å². The van der Waals surface area contributed by atoms with Crippen molar-refractivity contribution in [3.05, 3.63) is 81.0 Å². The van der Waals surface area contributed by atoms with Gasteiger partial charge in [-0.3, -0.25) is 14.2 Å². The van der Waals surface area contributed by atoms with Gasteiger partial charge < -0.3 is 16.4 Å². The number of hydrogen-bond acceptors (Lipinski definition) is 6. The van der Waals surface area contributed by atoms with Crippen LogP contribution in [0, 0.1) is 6.92 Å². The number of hydrogen-bond donors (Lipinski definition) is 3. The number of carbonyl (C=O) groups excluding carboxylic acids is 1. The number of rotatable bonds is 5. The Morgan fingerprint density at radius 3 is 2.66 bits per heavy atom. The molecule has 1 aliphatic heterocycles. The summed E-state index contributed by atoms with van der Waals surface area (Å²) in [4.78, 5) is 34.8. The van der Waals surface area contributed by atoms with Crippen molar-refractivity contribution in [2.45, 2.75) is 51.2 Å². The molecule has 3 aromatic rings. The molecule has 0 radical (unpaired) electrons. The standard InChI is InChI=1S/C24H26N6O2/c1-14-17(6-9-21(25)28-14)12-27-23(31)20-8-7-19-13-26-22(24(32)30(19)20)29-18-10-15-4-2-3-5-16(15)11-18/h2-6,9,13,18,20H,7-8,10-12H2,1H3,(H2,25,28)(H,26,29)(H,27,31)/t20-/m0/s1. The first-order valence-corrected chi connectivity index (χ1v) is 10.9. The fourth-order valence-electron chi connectivity index (χ4n) is 4.74. The third-order valence-corrected chi connectivity index (χ3v) is 6.42. The average Bonchev–Trinajstić information content (AvgIpc) is 3.39. The Balaban J connectivity index is 1.31. The van der Waals surface area contributed by atoms with Crippen LogP contribution in [-0.4, -0.2) is 26.5 Å². The van der Waals surface area contributed by atoms with Crippen LogP contribution in [0.4, 0.5) is 11.6 Å². The lowest BCUT2D eigenvalue weighted by atomic mass is 10.1. The van der Waals surface area contributed by atoms with Gasteiger partial charge in [0.05, 0.1) is 0 Å². The summed E-state index contributed by atoms with van der Waals surface area (Å²) in [6.07, 6.45) is 4.67. The number of carbonyl (C=O) groups is 1. The van der Waals surface area contributed by atoms with Crippen molar-refractivity contribution in [3.63, 3.8) is 0 Å². The van der Waals surface area contributed by atoms with Crippen molar-refractivity contribution in [2.24, 2.45) is 0 Å². The molecule has 2 aromatic heterocycles. The summed E-state index contributed by atoms with van der Waals surface area (Å²) < 4.78 is 1.60. The molecule has 164 valence electrons. The highest BCUT2D eigenvalue weighted by molar-refractivity contribution is 5.81. The maximum absolute atomic E-state index is 13.2. The van der Waals surface area contributed by atoms with E-state index in [2.05, 4.69) is 32.7 Å². The number of nitrogens with one attached hydrogen (secondary N) is 2. The molecule has 1 aromatic carbocycles. The molecule has 0 bridgehead atoms. The molecular weight excluding hydrogens is 404 g/mol. The molecule has 0 saturated carbocycles. The van der Waals surface area contributed by atoms with Crippen molar-refractivity contribution in [1.82, 2.24) is 19.9 Å². The fourth-order valence-corrected chi connectivity index (χ4v) is 4.74. The topological polar surface area (TPSA) is 115 Å². The minimum atomic E-state index is -0.538. The summed E-state index contributed by atoms with van der Waals surface area (Å²) in [6.45, 7) is 2.20. The van der Waals surface area contributed by atoms with E-state index in [4.69, 9.17) is 5.73 Å². The number of nitrogens with two attached hydrogens (primary N) is 1. The number of fused-ring (bicyclic) bond motifs is 2. The van der Waals surface area contributed by atoms with Gasteiger partial charge in [-0.05, 0) is 55.4 Å². The number of aryl methyl sites for hydroxylation is 2. The van der Waals surface area contributed by atoms with Crippen LogP contribution >= 0.6 is 0 Å². The van der Waals surface area contributed by atoms with Crippen LogP contribution < -0.4 is 21.9 Å². The van der Waals surface area contributed by atoms with Gasteiger partial charge in [0, 0.05) is 30.2 Å². The first-order valence-electron chi connectivity index (χ1n) is 10.9. The van der Waals surface area contributed by atoms with Crippen molar-refractivity contribution >= 4 is 17.5 Å². The minimum Gasteiger partial charge on any atom is -0.384 e. The zero-order valence-corrected chi connectivity index (χ0v) is 18.0. The number of pyridine rings is 1. The van der Waals surface area contributed by atoms with Gasteiger partial charge in [-0.2, -0.15) is 0 Å². The van der Waals surface area contributed by atoms with E-state index in [-0.39, 0.29) is 17.5 Å². The smallest absolute Gasteiger partial charge is 0.294 e. The minimum absolute atomic E-state index is 0.126. The van der Waals surface area contributed by atoms with Gasteiger partial charge in [-0.25, -0.2) is 9.97 Å². The lowest BCUT2D eigenvalue weighted by molar-refractivity contribution is -0.124.